The minimum atomic E-state index is 0. The Kier molecular flexibility index (Phi) is 35.3. The topological polar surface area (TPSA) is 0 Å². The van der Waals surface area contributed by atoms with Gasteiger partial charge in [0.15, 0.2) is 0 Å². The van der Waals surface area contributed by atoms with Gasteiger partial charge in [-0.15, -0.1) is 0 Å². The van der Waals surface area contributed by atoms with Crippen LogP contribution in [0.4, 0.5) is 0 Å². The summed E-state index contributed by atoms with van der Waals surface area (Å²) in [5, 5.41) is 0. The zero-order chi connectivity index (χ0) is 29.4. The van der Waals surface area contributed by atoms with Crippen molar-refractivity contribution in [2.75, 3.05) is 21.1 Å². The smallest absolute Gasteiger partial charge is 0.0884 e. The largest absolute Gasteiger partial charge is 1.00 e. The summed E-state index contributed by atoms with van der Waals surface area (Å²) in [5.41, 5.74) is 0. The van der Waals surface area contributed by atoms with E-state index in [1.807, 2.05) is 0 Å². The molecule has 1 atom stereocenters. The highest BCUT2D eigenvalue weighted by Gasteiger charge is 2.22. The molecule has 0 spiro atoms. The van der Waals surface area contributed by atoms with Gasteiger partial charge in [0.2, 0.25) is 0 Å². The number of hydrogen-bond donors (Lipinski definition) is 0. The normalized spacial score (nSPS) is 13.1. The van der Waals surface area contributed by atoms with Gasteiger partial charge in [0.1, 0.15) is 0 Å². The summed E-state index contributed by atoms with van der Waals surface area (Å²) in [7, 11) is 7.24. The lowest BCUT2D eigenvalue weighted by molar-refractivity contribution is -0.896. The van der Waals surface area contributed by atoms with Gasteiger partial charge in [0.05, 0.1) is 27.2 Å². The van der Waals surface area contributed by atoms with Crippen molar-refractivity contribution in [2.24, 2.45) is 0 Å². The van der Waals surface area contributed by atoms with Crippen LogP contribution in [0.2, 0.25) is 0 Å². The van der Waals surface area contributed by atoms with Crippen molar-refractivity contribution in [3.63, 3.8) is 0 Å². The Hall–Kier alpha value is -0.530. The molecule has 0 rings (SSSR count). The fraction of sp³-hybridized carbons (Fsp3) is 0.846. The summed E-state index contributed by atoms with van der Waals surface area (Å²) in [4.78, 5) is 0. The van der Waals surface area contributed by atoms with Gasteiger partial charge in [-0.25, -0.2) is 0 Å². The molecule has 0 fully saturated rings. The lowest BCUT2D eigenvalue weighted by Gasteiger charge is -2.34. The summed E-state index contributed by atoms with van der Waals surface area (Å²) in [5.74, 6) is 0. The van der Waals surface area contributed by atoms with Crippen LogP contribution in [-0.2, 0) is 0 Å². The standard InChI is InChI=1S/C39H76N.ClH/c1-6-8-10-12-14-16-18-20-22-24-26-28-30-32-34-36-38-39(40(3,4)5)37-35-33-31-29-27-25-23-21-19-17-15-13-11-9-7-2;/h15,17,20-23,39H,6-14,16,18-19,24-38H2,1-5H3;1H/q+1;/p-1/b17-15-,22-20-,23-21-;. The Morgan fingerprint density at radius 2 is 0.683 bits per heavy atom. The minimum absolute atomic E-state index is 0. The number of allylic oxidation sites excluding steroid dienone is 6. The van der Waals surface area contributed by atoms with Crippen LogP contribution in [0.15, 0.2) is 36.5 Å². The van der Waals surface area contributed by atoms with E-state index in [0.717, 1.165) is 16.9 Å². The van der Waals surface area contributed by atoms with E-state index in [1.165, 1.54) is 167 Å². The Bertz CT molecular complexity index is 571. The molecular weight excluding hydrogens is 518 g/mol. The van der Waals surface area contributed by atoms with Crippen molar-refractivity contribution in [1.29, 1.82) is 0 Å². The molecule has 2 heteroatoms. The van der Waals surface area contributed by atoms with Crippen LogP contribution in [0.1, 0.15) is 187 Å². The third kappa shape index (κ3) is 33.8. The highest BCUT2D eigenvalue weighted by Crippen LogP contribution is 2.20. The van der Waals surface area contributed by atoms with Crippen molar-refractivity contribution in [1.82, 2.24) is 0 Å². The van der Waals surface area contributed by atoms with Gasteiger partial charge in [-0.1, -0.05) is 140 Å². The fourth-order valence-electron chi connectivity index (χ4n) is 5.74. The van der Waals surface area contributed by atoms with E-state index in [9.17, 15) is 0 Å². The van der Waals surface area contributed by atoms with Gasteiger partial charge >= 0.3 is 0 Å². The molecule has 0 saturated carbocycles. The minimum Gasteiger partial charge on any atom is -1.00 e. The van der Waals surface area contributed by atoms with E-state index < -0.39 is 0 Å². The molecule has 0 aromatic heterocycles. The van der Waals surface area contributed by atoms with Crippen LogP contribution >= 0.6 is 0 Å². The van der Waals surface area contributed by atoms with Crippen LogP contribution in [0.25, 0.3) is 0 Å². The highest BCUT2D eigenvalue weighted by molar-refractivity contribution is 4.92. The van der Waals surface area contributed by atoms with E-state index in [0.29, 0.717) is 0 Å². The summed E-state index contributed by atoms with van der Waals surface area (Å²) in [6.07, 6.45) is 51.5. The average Bonchev–Trinajstić information content (AvgIpc) is 2.93. The first kappa shape index (κ1) is 42.6. The van der Waals surface area contributed by atoms with Crippen molar-refractivity contribution < 1.29 is 16.9 Å². The molecule has 244 valence electrons. The summed E-state index contributed by atoms with van der Waals surface area (Å²) >= 11 is 0. The number of nitrogens with zero attached hydrogens (tertiary/aromatic N) is 1. The first-order valence-corrected chi connectivity index (χ1v) is 18.3. The van der Waals surface area contributed by atoms with Gasteiger partial charge in [-0.2, -0.15) is 0 Å². The predicted octanol–water partition coefficient (Wildman–Crippen LogP) is 10.3. The quantitative estimate of drug-likeness (QED) is 0.0426. The maximum atomic E-state index is 2.45. The van der Waals surface area contributed by atoms with Crippen molar-refractivity contribution in [3.05, 3.63) is 36.5 Å². The van der Waals surface area contributed by atoms with Crippen molar-refractivity contribution in [2.45, 2.75) is 193 Å². The molecule has 0 aliphatic carbocycles. The van der Waals surface area contributed by atoms with Crippen molar-refractivity contribution in [3.8, 4) is 0 Å². The molecule has 0 aliphatic heterocycles. The number of rotatable bonds is 31. The van der Waals surface area contributed by atoms with Gasteiger partial charge in [0, 0.05) is 0 Å². The lowest BCUT2D eigenvalue weighted by atomic mass is 9.98. The summed E-state index contributed by atoms with van der Waals surface area (Å²) < 4.78 is 1.14. The highest BCUT2D eigenvalue weighted by atomic mass is 35.5. The predicted molar refractivity (Wildman–Crippen MR) is 185 cm³/mol. The maximum Gasteiger partial charge on any atom is 0.0884 e. The van der Waals surface area contributed by atoms with Crippen LogP contribution in [0.5, 0.6) is 0 Å². The van der Waals surface area contributed by atoms with Crippen molar-refractivity contribution >= 4 is 0 Å². The van der Waals surface area contributed by atoms with Crippen LogP contribution in [0, 0.1) is 0 Å². The second-order valence-electron chi connectivity index (χ2n) is 13.5. The monoisotopic (exact) mass is 594 g/mol. The van der Waals surface area contributed by atoms with E-state index in [2.05, 4.69) is 71.4 Å². The molecule has 0 radical (unpaired) electrons. The average molecular weight is 594 g/mol. The van der Waals surface area contributed by atoms with E-state index in [1.54, 1.807) is 0 Å². The Balaban J connectivity index is 0. The number of halogens is 1. The zero-order valence-electron chi connectivity index (χ0n) is 29.0. The molecule has 1 unspecified atom stereocenters. The van der Waals surface area contributed by atoms with E-state index >= 15 is 0 Å². The molecule has 0 N–H and O–H groups in total. The SMILES string of the molecule is CCCCC/C=C\C/C=C\CCCCCCCC(CCCCCCCC/C=C\CCCCCCCC)[N+](C)(C)C.[Cl-]. The molecule has 0 aromatic rings. The van der Waals surface area contributed by atoms with Gasteiger partial charge in [0.25, 0.3) is 0 Å². The molecule has 0 aliphatic rings. The molecule has 41 heavy (non-hydrogen) atoms. The number of hydrogen-bond acceptors (Lipinski definition) is 0. The molecule has 0 aromatic carbocycles. The number of unbranched alkanes of at least 4 members (excludes halogenated alkanes) is 20. The van der Waals surface area contributed by atoms with Crippen LogP contribution in [0.3, 0.4) is 0 Å². The van der Waals surface area contributed by atoms with Gasteiger partial charge in [-0.3, -0.25) is 0 Å². The van der Waals surface area contributed by atoms with Crippen LogP contribution < -0.4 is 12.4 Å². The third-order valence-electron chi connectivity index (χ3n) is 8.63. The maximum absolute atomic E-state index is 2.45. The van der Waals surface area contributed by atoms with E-state index in [-0.39, 0.29) is 12.4 Å². The number of quaternary nitrogens is 1. The molecule has 0 saturated heterocycles. The first-order chi connectivity index (χ1) is 19.5. The Labute approximate surface area is 267 Å². The summed E-state index contributed by atoms with van der Waals surface area (Å²) in [6, 6.07) is 0.842. The Morgan fingerprint density at radius 1 is 0.390 bits per heavy atom. The molecule has 0 amide bonds. The third-order valence-corrected chi connectivity index (χ3v) is 8.63. The summed E-state index contributed by atoms with van der Waals surface area (Å²) in [6.45, 7) is 4.57. The molecular formula is C39H76ClN. The van der Waals surface area contributed by atoms with Crippen LogP contribution in [-0.4, -0.2) is 31.7 Å². The van der Waals surface area contributed by atoms with E-state index in [4.69, 9.17) is 0 Å². The lowest BCUT2D eigenvalue weighted by Crippen LogP contribution is -3.00. The second-order valence-corrected chi connectivity index (χ2v) is 13.5. The molecule has 1 nitrogen and oxygen atoms in total. The zero-order valence-corrected chi connectivity index (χ0v) is 29.7. The molecule has 0 bridgehead atoms. The van der Waals surface area contributed by atoms with Gasteiger partial charge < -0.3 is 16.9 Å². The van der Waals surface area contributed by atoms with Gasteiger partial charge in [-0.05, 0) is 83.5 Å². The Morgan fingerprint density at radius 3 is 1.07 bits per heavy atom. The fourth-order valence-corrected chi connectivity index (χ4v) is 5.74. The first-order valence-electron chi connectivity index (χ1n) is 18.3. The molecule has 0 heterocycles. The second kappa shape index (κ2) is 34.0.